The minimum atomic E-state index is -1.43. The highest BCUT2D eigenvalue weighted by atomic mass is 35.5. The van der Waals surface area contributed by atoms with Crippen molar-refractivity contribution in [2.75, 3.05) is 33.1 Å². The van der Waals surface area contributed by atoms with Crippen LogP contribution in [0.5, 0.6) is 17.2 Å². The van der Waals surface area contributed by atoms with Crippen LogP contribution in [0.2, 0.25) is 5.02 Å². The van der Waals surface area contributed by atoms with Gasteiger partial charge in [-0.15, -0.1) is 0 Å². The number of primary amides is 1. The van der Waals surface area contributed by atoms with E-state index in [1.54, 1.807) is 32.1 Å². The van der Waals surface area contributed by atoms with Crippen LogP contribution >= 0.6 is 11.6 Å². The number of halogens is 3. The Labute approximate surface area is 246 Å². The van der Waals surface area contributed by atoms with E-state index >= 15 is 0 Å². The number of likely N-dealkylation sites (N-methyl/N-ethyl adjacent to an activating group) is 1. The lowest BCUT2D eigenvalue weighted by atomic mass is 9.95. The average Bonchev–Trinajstić information content (AvgIpc) is 2.91. The van der Waals surface area contributed by atoms with Gasteiger partial charge in [-0.1, -0.05) is 23.7 Å². The molecule has 0 aliphatic rings. The van der Waals surface area contributed by atoms with Crippen molar-refractivity contribution in [1.29, 1.82) is 0 Å². The summed E-state index contributed by atoms with van der Waals surface area (Å²) in [5.74, 6) is -2.53. The molecule has 0 fully saturated rings. The average molecular weight is 598 g/mol. The second-order valence-electron chi connectivity index (χ2n) is 10.2. The fourth-order valence-electron chi connectivity index (χ4n) is 4.23. The van der Waals surface area contributed by atoms with Gasteiger partial charge in [0.1, 0.15) is 23.6 Å². The molecular weight excluding hydrogens is 568 g/mol. The summed E-state index contributed by atoms with van der Waals surface area (Å²) >= 11 is 6.50. The number of benzene rings is 3. The van der Waals surface area contributed by atoms with E-state index in [1.807, 2.05) is 19.0 Å². The number of nitrogens with one attached hydrogen (secondary N) is 1. The maximum Gasteiger partial charge on any atom is 0.249 e. The van der Waals surface area contributed by atoms with Gasteiger partial charge >= 0.3 is 0 Å². The zero-order valence-corrected chi connectivity index (χ0v) is 24.4. The molecule has 0 spiro atoms. The Kier molecular flexibility index (Phi) is 8.95. The Morgan fingerprint density at radius 3 is 2.52 bits per heavy atom. The minimum absolute atomic E-state index is 0.000499. The molecular formula is C30H30ClF2N5O4. The summed E-state index contributed by atoms with van der Waals surface area (Å²) in [6.07, 6.45) is 3.05. The number of aromatic nitrogens is 2. The summed E-state index contributed by atoms with van der Waals surface area (Å²) in [5, 5.41) is 14.8. The number of fused-ring (bicyclic) bond motifs is 1. The van der Waals surface area contributed by atoms with E-state index in [9.17, 15) is 18.7 Å². The Morgan fingerprint density at radius 1 is 1.14 bits per heavy atom. The third-order valence-corrected chi connectivity index (χ3v) is 6.59. The number of nitrogens with zero attached hydrogens (tertiary/aromatic N) is 3. The summed E-state index contributed by atoms with van der Waals surface area (Å²) in [7, 11) is 5.20. The largest absolute Gasteiger partial charge is 0.496 e. The molecule has 1 heterocycles. The third-order valence-electron chi connectivity index (χ3n) is 6.29. The maximum absolute atomic E-state index is 14.3. The molecule has 220 valence electrons. The molecule has 0 unspecified atom stereocenters. The first-order valence-corrected chi connectivity index (χ1v) is 13.1. The Balaban J connectivity index is 1.84. The zero-order valence-electron chi connectivity index (χ0n) is 23.6. The maximum atomic E-state index is 14.3. The fourth-order valence-corrected chi connectivity index (χ4v) is 4.43. The molecule has 0 bridgehead atoms. The molecule has 0 saturated carbocycles. The number of carbonyl (C=O) groups is 1. The van der Waals surface area contributed by atoms with Crippen LogP contribution in [0, 0.1) is 11.6 Å². The molecule has 0 aliphatic carbocycles. The first-order chi connectivity index (χ1) is 19.8. The highest BCUT2D eigenvalue weighted by Crippen LogP contribution is 2.41. The predicted molar refractivity (Wildman–Crippen MR) is 158 cm³/mol. The SMILES string of the molecule is COc1cc2ncnc(Nc3cc(Cl)c(Oc4cccc(F)c4F)cc3C(C)(C)O)c2cc1C(=CCN(C)C)C(N)=O. The van der Waals surface area contributed by atoms with Crippen molar-refractivity contribution in [3.05, 3.63) is 82.7 Å². The van der Waals surface area contributed by atoms with E-state index in [-0.39, 0.29) is 22.1 Å². The molecule has 0 atom stereocenters. The van der Waals surface area contributed by atoms with Gasteiger partial charge in [0.2, 0.25) is 11.7 Å². The quantitative estimate of drug-likeness (QED) is 0.197. The lowest BCUT2D eigenvalue weighted by Crippen LogP contribution is -2.18. The lowest BCUT2D eigenvalue weighted by molar-refractivity contribution is -0.112. The van der Waals surface area contributed by atoms with Gasteiger partial charge in [-0.25, -0.2) is 14.4 Å². The van der Waals surface area contributed by atoms with Crippen LogP contribution in [0.1, 0.15) is 25.0 Å². The Morgan fingerprint density at radius 2 is 1.88 bits per heavy atom. The second-order valence-corrected chi connectivity index (χ2v) is 10.6. The number of rotatable bonds is 10. The summed E-state index contributed by atoms with van der Waals surface area (Å²) < 4.78 is 39.2. The van der Waals surface area contributed by atoms with Crippen molar-refractivity contribution in [2.24, 2.45) is 5.73 Å². The molecule has 42 heavy (non-hydrogen) atoms. The van der Waals surface area contributed by atoms with Crippen LogP contribution in [0.25, 0.3) is 16.5 Å². The zero-order chi connectivity index (χ0) is 30.8. The van der Waals surface area contributed by atoms with E-state index in [4.69, 9.17) is 26.8 Å². The Bertz CT molecular complexity index is 1690. The lowest BCUT2D eigenvalue weighted by Gasteiger charge is -2.24. The second kappa shape index (κ2) is 12.3. The van der Waals surface area contributed by atoms with E-state index in [0.717, 1.165) is 6.07 Å². The molecule has 3 aromatic carbocycles. The van der Waals surface area contributed by atoms with Crippen molar-refractivity contribution in [3.8, 4) is 17.2 Å². The first-order valence-electron chi connectivity index (χ1n) is 12.7. The molecule has 0 aliphatic heterocycles. The van der Waals surface area contributed by atoms with Gasteiger partial charge in [0, 0.05) is 40.4 Å². The normalized spacial score (nSPS) is 12.1. The van der Waals surface area contributed by atoms with Gasteiger partial charge in [-0.3, -0.25) is 4.79 Å². The van der Waals surface area contributed by atoms with E-state index in [1.165, 1.54) is 37.7 Å². The van der Waals surface area contributed by atoms with Gasteiger partial charge in [-0.05, 0) is 58.3 Å². The topological polar surface area (TPSA) is 123 Å². The number of nitrogens with two attached hydrogens (primary N) is 1. The van der Waals surface area contributed by atoms with E-state index in [0.29, 0.717) is 45.8 Å². The van der Waals surface area contributed by atoms with Crippen molar-refractivity contribution in [2.45, 2.75) is 19.4 Å². The number of methoxy groups -OCH3 is 1. The van der Waals surface area contributed by atoms with Crippen molar-refractivity contribution < 1.29 is 28.2 Å². The van der Waals surface area contributed by atoms with Crippen LogP contribution < -0.4 is 20.5 Å². The van der Waals surface area contributed by atoms with Crippen LogP contribution in [-0.4, -0.2) is 53.6 Å². The molecule has 9 nitrogen and oxygen atoms in total. The molecule has 4 N–H and O–H groups in total. The van der Waals surface area contributed by atoms with E-state index in [2.05, 4.69) is 15.3 Å². The summed E-state index contributed by atoms with van der Waals surface area (Å²) in [6.45, 7) is 3.55. The van der Waals surface area contributed by atoms with Crippen molar-refractivity contribution in [3.63, 3.8) is 0 Å². The van der Waals surface area contributed by atoms with Gasteiger partial charge < -0.3 is 30.5 Å². The molecule has 4 aromatic rings. The number of hydrogen-bond acceptors (Lipinski definition) is 8. The van der Waals surface area contributed by atoms with Gasteiger partial charge in [0.15, 0.2) is 11.6 Å². The van der Waals surface area contributed by atoms with Crippen molar-refractivity contribution in [1.82, 2.24) is 14.9 Å². The summed E-state index contributed by atoms with van der Waals surface area (Å²) in [4.78, 5) is 23.0. The van der Waals surface area contributed by atoms with Crippen LogP contribution in [0.15, 0.2) is 54.9 Å². The number of aliphatic hydroxyl groups is 1. The highest BCUT2D eigenvalue weighted by molar-refractivity contribution is 6.32. The third kappa shape index (κ3) is 6.59. The number of hydrogen-bond donors (Lipinski definition) is 3. The van der Waals surface area contributed by atoms with Crippen LogP contribution in [0.4, 0.5) is 20.3 Å². The van der Waals surface area contributed by atoms with Gasteiger partial charge in [0.25, 0.3) is 0 Å². The standard InChI is InChI=1S/C30H30ClF2N5O4/c1-30(2,40)19-12-26(42-24-8-6-7-21(32)27(24)33)20(31)13-23(19)37-29-18-11-17(16(28(34)39)9-10-38(3)4)25(41-5)14-22(18)35-15-36-29/h6-9,11-15,40H,10H2,1-5H3,(H2,34,39)(H,35,36,37). The number of amides is 1. The first kappa shape index (κ1) is 30.6. The molecule has 0 saturated heterocycles. The van der Waals surface area contributed by atoms with E-state index < -0.39 is 23.1 Å². The van der Waals surface area contributed by atoms with Crippen molar-refractivity contribution >= 4 is 45.5 Å². The highest BCUT2D eigenvalue weighted by Gasteiger charge is 2.25. The Hall–Kier alpha value is -4.32. The van der Waals surface area contributed by atoms with Crippen LogP contribution in [0.3, 0.4) is 0 Å². The molecule has 12 heteroatoms. The number of ether oxygens (including phenoxy) is 2. The monoisotopic (exact) mass is 597 g/mol. The predicted octanol–water partition coefficient (Wildman–Crippen LogP) is 5.76. The molecule has 1 aromatic heterocycles. The summed E-state index contributed by atoms with van der Waals surface area (Å²) in [5.41, 5.74) is 6.17. The smallest absolute Gasteiger partial charge is 0.249 e. The summed E-state index contributed by atoms with van der Waals surface area (Å²) in [6, 6.07) is 9.80. The number of anilines is 2. The van der Waals surface area contributed by atoms with Crippen LogP contribution in [-0.2, 0) is 10.4 Å². The number of carbonyl (C=O) groups excluding carboxylic acids is 1. The fraction of sp³-hybridized carbons (Fsp3) is 0.233. The minimum Gasteiger partial charge on any atom is -0.496 e. The molecule has 4 rings (SSSR count). The molecule has 0 radical (unpaired) electrons. The van der Waals surface area contributed by atoms with Gasteiger partial charge in [-0.2, -0.15) is 4.39 Å². The van der Waals surface area contributed by atoms with Gasteiger partial charge in [0.05, 0.1) is 23.3 Å². The molecule has 1 amide bonds.